The highest BCUT2D eigenvalue weighted by Crippen LogP contribution is 2.33. The lowest BCUT2D eigenvalue weighted by Gasteiger charge is -2.34. The van der Waals surface area contributed by atoms with Gasteiger partial charge in [0, 0.05) is 24.4 Å². The summed E-state index contributed by atoms with van der Waals surface area (Å²) in [6, 6.07) is 5.57. The predicted molar refractivity (Wildman–Crippen MR) is 120 cm³/mol. The minimum atomic E-state index is -3.14. The van der Waals surface area contributed by atoms with Crippen LogP contribution in [0.1, 0.15) is 24.8 Å². The highest BCUT2D eigenvalue weighted by molar-refractivity contribution is 7.91. The van der Waals surface area contributed by atoms with E-state index in [1.54, 1.807) is 11.0 Å². The molecule has 0 unspecified atom stereocenters. The Kier molecular flexibility index (Phi) is 5.63. The number of fused-ring (bicyclic) bond motifs is 1. The second-order valence-electron chi connectivity index (χ2n) is 8.81. The Morgan fingerprint density at radius 1 is 1.21 bits per heavy atom. The molecule has 3 heterocycles. The molecule has 34 heavy (non-hydrogen) atoms. The Morgan fingerprint density at radius 3 is 2.62 bits per heavy atom. The molecule has 1 saturated carbocycles. The minimum Gasteiger partial charge on any atom is -0.388 e. The van der Waals surface area contributed by atoms with Crippen molar-refractivity contribution in [1.29, 1.82) is 0 Å². The SMILES string of the molecule is CS(=O)(=O)C1CC(Nc2nc(N3C[C@H](O)[C@@H](F)C3)c3cnn(-c4cccc(C(F)F)c4)c3n2)C1. The number of benzene rings is 1. The van der Waals surface area contributed by atoms with Crippen molar-refractivity contribution < 1.29 is 26.7 Å². The average Bonchev–Trinajstić information content (AvgIpc) is 3.32. The summed E-state index contributed by atoms with van der Waals surface area (Å²) in [4.78, 5) is 10.6. The number of nitrogens with zero attached hydrogens (tertiary/aromatic N) is 5. The lowest BCUT2D eigenvalue weighted by Crippen LogP contribution is -2.43. The van der Waals surface area contributed by atoms with E-state index in [0.717, 1.165) is 0 Å². The number of aromatic nitrogens is 4. The molecule has 2 fully saturated rings. The molecule has 1 saturated heterocycles. The summed E-state index contributed by atoms with van der Waals surface area (Å²) < 4.78 is 65.4. The number of anilines is 2. The molecule has 2 aliphatic rings. The van der Waals surface area contributed by atoms with Gasteiger partial charge in [0.15, 0.2) is 5.65 Å². The number of sulfone groups is 1. The fraction of sp³-hybridized carbons (Fsp3) is 0.476. The lowest BCUT2D eigenvalue weighted by atomic mass is 9.92. The van der Waals surface area contributed by atoms with Gasteiger partial charge in [0.25, 0.3) is 6.43 Å². The number of aliphatic hydroxyl groups is 1. The van der Waals surface area contributed by atoms with Gasteiger partial charge in [-0.25, -0.2) is 26.3 Å². The summed E-state index contributed by atoms with van der Waals surface area (Å²) in [7, 11) is -3.14. The summed E-state index contributed by atoms with van der Waals surface area (Å²) in [6.45, 7) is -0.0449. The number of alkyl halides is 3. The first kappa shape index (κ1) is 22.8. The van der Waals surface area contributed by atoms with Gasteiger partial charge < -0.3 is 15.3 Å². The summed E-state index contributed by atoms with van der Waals surface area (Å²) >= 11 is 0. The van der Waals surface area contributed by atoms with E-state index in [0.29, 0.717) is 35.4 Å². The Hall–Kier alpha value is -2.93. The zero-order valence-electron chi connectivity index (χ0n) is 18.1. The van der Waals surface area contributed by atoms with Crippen LogP contribution < -0.4 is 10.2 Å². The van der Waals surface area contributed by atoms with Gasteiger partial charge in [-0.2, -0.15) is 15.1 Å². The van der Waals surface area contributed by atoms with Gasteiger partial charge in [0.05, 0.1) is 29.1 Å². The van der Waals surface area contributed by atoms with Crippen molar-refractivity contribution in [2.24, 2.45) is 0 Å². The topological polar surface area (TPSA) is 113 Å². The first-order valence-electron chi connectivity index (χ1n) is 10.8. The largest absolute Gasteiger partial charge is 0.388 e. The van der Waals surface area contributed by atoms with Gasteiger partial charge in [-0.15, -0.1) is 0 Å². The zero-order chi connectivity index (χ0) is 24.2. The van der Waals surface area contributed by atoms with Crippen LogP contribution in [0.2, 0.25) is 0 Å². The van der Waals surface area contributed by atoms with E-state index < -0.39 is 33.8 Å². The molecule has 2 N–H and O–H groups in total. The van der Waals surface area contributed by atoms with Gasteiger partial charge in [-0.05, 0) is 25.0 Å². The Bertz CT molecular complexity index is 1320. The Morgan fingerprint density at radius 2 is 1.97 bits per heavy atom. The van der Waals surface area contributed by atoms with E-state index >= 15 is 0 Å². The van der Waals surface area contributed by atoms with Crippen molar-refractivity contribution in [3.63, 3.8) is 0 Å². The molecule has 0 amide bonds. The summed E-state index contributed by atoms with van der Waals surface area (Å²) in [5.41, 5.74) is 0.515. The summed E-state index contributed by atoms with van der Waals surface area (Å²) in [5.74, 6) is 0.532. The molecular weight excluding hydrogens is 473 g/mol. The molecule has 0 bridgehead atoms. The second kappa shape index (κ2) is 8.38. The van der Waals surface area contributed by atoms with Crippen LogP contribution in [-0.4, -0.2) is 76.2 Å². The maximum atomic E-state index is 14.1. The molecule has 5 rings (SSSR count). The van der Waals surface area contributed by atoms with Crippen LogP contribution in [0, 0.1) is 0 Å². The number of β-amino-alcohol motifs (C(OH)–C–C–N with tert-alkyl or cyclic N) is 1. The van der Waals surface area contributed by atoms with Gasteiger partial charge in [0.1, 0.15) is 27.9 Å². The number of halogens is 3. The zero-order valence-corrected chi connectivity index (χ0v) is 19.0. The first-order chi connectivity index (χ1) is 16.1. The van der Waals surface area contributed by atoms with E-state index in [4.69, 9.17) is 0 Å². The van der Waals surface area contributed by atoms with Crippen molar-refractivity contribution in [1.82, 2.24) is 19.7 Å². The molecule has 1 aliphatic heterocycles. The first-order valence-corrected chi connectivity index (χ1v) is 12.7. The average molecular weight is 497 g/mol. The standard InChI is InChI=1S/C21H23F3N6O3S/c1-34(32,33)14-6-12(7-14)26-21-27-19(29-9-16(22)17(31)10-29)15-8-25-30(20(15)28-21)13-4-2-3-11(5-13)18(23)24/h2-5,8,12,14,16-18,31H,6-7,9-10H2,1H3,(H,26,27,28)/t12?,14?,16-,17-/m0/s1. The third-order valence-electron chi connectivity index (χ3n) is 6.33. The van der Waals surface area contributed by atoms with E-state index in [1.807, 2.05) is 0 Å². The molecule has 0 spiro atoms. The van der Waals surface area contributed by atoms with Gasteiger partial charge in [0.2, 0.25) is 5.95 Å². The van der Waals surface area contributed by atoms with Crippen molar-refractivity contribution in [2.45, 2.75) is 42.8 Å². The number of nitrogens with one attached hydrogen (secondary N) is 1. The number of rotatable bonds is 6. The van der Waals surface area contributed by atoms with E-state index in [9.17, 15) is 26.7 Å². The van der Waals surface area contributed by atoms with Crippen LogP contribution in [0.25, 0.3) is 16.7 Å². The maximum absolute atomic E-state index is 14.1. The normalized spacial score (nSPS) is 25.2. The minimum absolute atomic E-state index is 0.0261. The van der Waals surface area contributed by atoms with Gasteiger partial charge in [-0.1, -0.05) is 12.1 Å². The molecule has 0 radical (unpaired) electrons. The van der Waals surface area contributed by atoms with E-state index in [2.05, 4.69) is 20.4 Å². The second-order valence-corrected chi connectivity index (χ2v) is 11.1. The maximum Gasteiger partial charge on any atom is 0.263 e. The van der Waals surface area contributed by atoms with Crippen LogP contribution in [0.5, 0.6) is 0 Å². The molecule has 9 nitrogen and oxygen atoms in total. The molecule has 2 aromatic heterocycles. The monoisotopic (exact) mass is 496 g/mol. The molecule has 3 aromatic rings. The van der Waals surface area contributed by atoms with Crippen molar-refractivity contribution >= 4 is 32.6 Å². The molecular formula is C21H23F3N6O3S. The van der Waals surface area contributed by atoms with Crippen molar-refractivity contribution in [3.8, 4) is 5.69 Å². The van der Waals surface area contributed by atoms with E-state index in [1.165, 1.54) is 35.3 Å². The molecule has 182 valence electrons. The smallest absolute Gasteiger partial charge is 0.263 e. The van der Waals surface area contributed by atoms with Crippen LogP contribution >= 0.6 is 0 Å². The molecule has 1 aliphatic carbocycles. The van der Waals surface area contributed by atoms with Crippen molar-refractivity contribution in [3.05, 3.63) is 36.0 Å². The third kappa shape index (κ3) is 4.17. The predicted octanol–water partition coefficient (Wildman–Crippen LogP) is 2.26. The highest BCUT2D eigenvalue weighted by atomic mass is 32.2. The number of hydrogen-bond donors (Lipinski definition) is 2. The third-order valence-corrected chi connectivity index (χ3v) is 7.92. The van der Waals surface area contributed by atoms with Crippen LogP contribution in [0.3, 0.4) is 0 Å². The fourth-order valence-corrected chi connectivity index (χ4v) is 5.48. The quantitative estimate of drug-likeness (QED) is 0.535. The lowest BCUT2D eigenvalue weighted by molar-refractivity contribution is 0.118. The number of hydrogen-bond acceptors (Lipinski definition) is 8. The van der Waals surface area contributed by atoms with Gasteiger partial charge >= 0.3 is 0 Å². The Balaban J connectivity index is 1.55. The highest BCUT2D eigenvalue weighted by Gasteiger charge is 2.37. The van der Waals surface area contributed by atoms with Gasteiger partial charge in [-0.3, -0.25) is 0 Å². The van der Waals surface area contributed by atoms with Crippen molar-refractivity contribution in [2.75, 3.05) is 29.6 Å². The molecule has 13 heteroatoms. The van der Waals surface area contributed by atoms with Crippen LogP contribution in [-0.2, 0) is 9.84 Å². The number of aliphatic hydroxyl groups excluding tert-OH is 1. The van der Waals surface area contributed by atoms with Crippen LogP contribution in [0.15, 0.2) is 30.5 Å². The molecule has 1 aromatic carbocycles. The summed E-state index contributed by atoms with van der Waals surface area (Å²) in [5, 5.41) is 17.4. The summed E-state index contributed by atoms with van der Waals surface area (Å²) in [6.07, 6.45) is -1.78. The van der Waals surface area contributed by atoms with Crippen LogP contribution in [0.4, 0.5) is 24.9 Å². The Labute approximate surface area is 193 Å². The fourth-order valence-electron chi connectivity index (χ4n) is 4.32. The van der Waals surface area contributed by atoms with E-state index in [-0.39, 0.29) is 30.6 Å². The molecule has 2 atom stereocenters.